The van der Waals surface area contributed by atoms with E-state index >= 15 is 0 Å². The molecule has 1 aromatic carbocycles. The highest BCUT2D eigenvalue weighted by atomic mass is 32.2. The minimum Gasteiger partial charge on any atom is -0.465 e. The van der Waals surface area contributed by atoms with Crippen LogP contribution in [0.25, 0.3) is 0 Å². The van der Waals surface area contributed by atoms with Crippen LogP contribution in [0.15, 0.2) is 29.2 Å². The maximum absolute atomic E-state index is 12.7. The number of nitrogens with zero attached hydrogens (tertiary/aromatic N) is 1. The SMILES string of the molecule is CCCC1CCN(S(=O)(=O)c2ccccc2C(=O)OC)C1. The molecule has 6 heteroatoms. The van der Waals surface area contributed by atoms with Gasteiger partial charge in [-0.15, -0.1) is 0 Å². The summed E-state index contributed by atoms with van der Waals surface area (Å²) in [5.74, 6) is -0.214. The van der Waals surface area contributed by atoms with Gasteiger partial charge in [0.1, 0.15) is 0 Å². The van der Waals surface area contributed by atoms with Crippen LogP contribution in [0.3, 0.4) is 0 Å². The van der Waals surface area contributed by atoms with Gasteiger partial charge in [-0.25, -0.2) is 13.2 Å². The van der Waals surface area contributed by atoms with E-state index in [0.29, 0.717) is 19.0 Å². The lowest BCUT2D eigenvalue weighted by molar-refractivity contribution is 0.0596. The van der Waals surface area contributed by atoms with Gasteiger partial charge in [0.2, 0.25) is 10.0 Å². The number of benzene rings is 1. The van der Waals surface area contributed by atoms with Crippen LogP contribution in [-0.4, -0.2) is 38.9 Å². The minimum atomic E-state index is -3.64. The first kappa shape index (κ1) is 16.0. The molecule has 1 unspecified atom stereocenters. The quantitative estimate of drug-likeness (QED) is 0.783. The van der Waals surface area contributed by atoms with Gasteiger partial charge in [0.15, 0.2) is 0 Å². The molecule has 1 saturated heterocycles. The summed E-state index contributed by atoms with van der Waals surface area (Å²) in [7, 11) is -2.39. The summed E-state index contributed by atoms with van der Waals surface area (Å²) < 4.78 is 31.6. The van der Waals surface area contributed by atoms with E-state index in [1.165, 1.54) is 23.5 Å². The highest BCUT2D eigenvalue weighted by molar-refractivity contribution is 7.89. The molecular formula is C15H21NO4S. The Morgan fingerprint density at radius 3 is 2.76 bits per heavy atom. The molecule has 0 N–H and O–H groups in total. The first-order chi connectivity index (χ1) is 10.0. The van der Waals surface area contributed by atoms with E-state index in [0.717, 1.165) is 19.3 Å². The van der Waals surface area contributed by atoms with Crippen LogP contribution in [-0.2, 0) is 14.8 Å². The second-order valence-electron chi connectivity index (χ2n) is 5.29. The molecule has 116 valence electrons. The monoisotopic (exact) mass is 311 g/mol. The molecule has 0 amide bonds. The molecule has 0 saturated carbocycles. The Kier molecular flexibility index (Phi) is 5.00. The summed E-state index contributed by atoms with van der Waals surface area (Å²) in [5.41, 5.74) is 0.0962. The van der Waals surface area contributed by atoms with Crippen molar-refractivity contribution in [2.45, 2.75) is 31.1 Å². The van der Waals surface area contributed by atoms with Crippen LogP contribution in [0.5, 0.6) is 0 Å². The smallest absolute Gasteiger partial charge is 0.339 e. The summed E-state index contributed by atoms with van der Waals surface area (Å²) in [4.78, 5) is 11.8. The van der Waals surface area contributed by atoms with Crippen LogP contribution in [0, 0.1) is 5.92 Å². The van der Waals surface area contributed by atoms with E-state index in [2.05, 4.69) is 11.7 Å². The molecular weight excluding hydrogens is 290 g/mol. The van der Waals surface area contributed by atoms with Gasteiger partial charge < -0.3 is 4.74 Å². The fourth-order valence-corrected chi connectivity index (χ4v) is 4.48. The molecule has 0 radical (unpaired) electrons. The Labute approximate surface area is 126 Å². The van der Waals surface area contributed by atoms with E-state index in [4.69, 9.17) is 0 Å². The molecule has 5 nitrogen and oxygen atoms in total. The molecule has 1 aliphatic rings. The summed E-state index contributed by atoms with van der Waals surface area (Å²) in [6, 6.07) is 6.21. The van der Waals surface area contributed by atoms with Crippen molar-refractivity contribution in [1.29, 1.82) is 0 Å². The fraction of sp³-hybridized carbons (Fsp3) is 0.533. The molecule has 1 aromatic rings. The lowest BCUT2D eigenvalue weighted by atomic mass is 10.0. The van der Waals surface area contributed by atoms with Crippen molar-refractivity contribution < 1.29 is 17.9 Å². The van der Waals surface area contributed by atoms with Gasteiger partial charge in [0, 0.05) is 13.1 Å². The van der Waals surface area contributed by atoms with Crippen LogP contribution in [0.2, 0.25) is 0 Å². The van der Waals surface area contributed by atoms with E-state index in [-0.39, 0.29) is 10.5 Å². The van der Waals surface area contributed by atoms with Crippen molar-refractivity contribution >= 4 is 16.0 Å². The van der Waals surface area contributed by atoms with Crippen LogP contribution in [0.1, 0.15) is 36.5 Å². The Hall–Kier alpha value is -1.40. The van der Waals surface area contributed by atoms with Gasteiger partial charge in [-0.3, -0.25) is 0 Å². The van der Waals surface area contributed by atoms with Crippen molar-refractivity contribution in [3.8, 4) is 0 Å². The lowest BCUT2D eigenvalue weighted by Gasteiger charge is -2.18. The van der Waals surface area contributed by atoms with Crippen molar-refractivity contribution in [1.82, 2.24) is 4.31 Å². The number of esters is 1. The molecule has 2 rings (SSSR count). The van der Waals surface area contributed by atoms with Crippen molar-refractivity contribution in [2.24, 2.45) is 5.92 Å². The van der Waals surface area contributed by atoms with E-state index in [1.807, 2.05) is 0 Å². The predicted octanol–water partition coefficient (Wildman–Crippen LogP) is 2.28. The number of hydrogen-bond acceptors (Lipinski definition) is 4. The zero-order valence-corrected chi connectivity index (χ0v) is 13.2. The number of ether oxygens (including phenoxy) is 1. The molecule has 1 aliphatic heterocycles. The molecule has 1 heterocycles. The summed E-state index contributed by atoms with van der Waals surface area (Å²) in [6.45, 7) is 3.15. The standard InChI is InChI=1S/C15H21NO4S/c1-3-6-12-9-10-16(11-12)21(18,19)14-8-5-4-7-13(14)15(17)20-2/h4-5,7-8,12H,3,6,9-11H2,1-2H3. The number of carbonyl (C=O) groups is 1. The van der Waals surface area contributed by atoms with E-state index in [1.54, 1.807) is 12.1 Å². The van der Waals surface area contributed by atoms with Crippen LogP contribution >= 0.6 is 0 Å². The second kappa shape index (κ2) is 6.58. The first-order valence-electron chi connectivity index (χ1n) is 7.18. The number of hydrogen-bond donors (Lipinski definition) is 0. The van der Waals surface area contributed by atoms with Gasteiger partial charge in [-0.05, 0) is 30.9 Å². The molecule has 0 aromatic heterocycles. The van der Waals surface area contributed by atoms with Gasteiger partial charge in [0.25, 0.3) is 0 Å². The van der Waals surface area contributed by atoms with Gasteiger partial charge >= 0.3 is 5.97 Å². The number of methoxy groups -OCH3 is 1. The van der Waals surface area contributed by atoms with E-state index in [9.17, 15) is 13.2 Å². The fourth-order valence-electron chi connectivity index (χ4n) is 2.77. The molecule has 1 fully saturated rings. The lowest BCUT2D eigenvalue weighted by Crippen LogP contribution is -2.30. The Morgan fingerprint density at radius 2 is 2.10 bits per heavy atom. The Morgan fingerprint density at radius 1 is 1.38 bits per heavy atom. The van der Waals surface area contributed by atoms with Gasteiger partial charge in [0.05, 0.1) is 17.6 Å². The van der Waals surface area contributed by atoms with Crippen LogP contribution in [0.4, 0.5) is 0 Å². The van der Waals surface area contributed by atoms with Crippen LogP contribution < -0.4 is 0 Å². The van der Waals surface area contributed by atoms with E-state index < -0.39 is 16.0 Å². The average Bonchev–Trinajstić information content (AvgIpc) is 2.96. The summed E-state index contributed by atoms with van der Waals surface area (Å²) >= 11 is 0. The molecule has 21 heavy (non-hydrogen) atoms. The Bertz CT molecular complexity index is 612. The maximum Gasteiger partial charge on any atom is 0.339 e. The van der Waals surface area contributed by atoms with Crippen molar-refractivity contribution in [3.05, 3.63) is 29.8 Å². The topological polar surface area (TPSA) is 63.7 Å². The van der Waals surface area contributed by atoms with Gasteiger partial charge in [-0.2, -0.15) is 4.31 Å². The predicted molar refractivity (Wildman–Crippen MR) is 79.6 cm³/mol. The number of sulfonamides is 1. The third-order valence-electron chi connectivity index (χ3n) is 3.86. The number of carbonyl (C=O) groups excluding carboxylic acids is 1. The van der Waals surface area contributed by atoms with Crippen molar-refractivity contribution in [2.75, 3.05) is 20.2 Å². The summed E-state index contributed by atoms with van der Waals surface area (Å²) in [6.07, 6.45) is 2.97. The van der Waals surface area contributed by atoms with Gasteiger partial charge in [-0.1, -0.05) is 25.5 Å². The zero-order valence-electron chi connectivity index (χ0n) is 12.4. The third-order valence-corrected chi connectivity index (χ3v) is 5.78. The third kappa shape index (κ3) is 3.27. The highest BCUT2D eigenvalue weighted by Crippen LogP contribution is 2.28. The largest absolute Gasteiger partial charge is 0.465 e. The summed E-state index contributed by atoms with van der Waals surface area (Å²) in [5, 5.41) is 0. The molecule has 0 spiro atoms. The zero-order chi connectivity index (χ0) is 15.5. The molecule has 1 atom stereocenters. The minimum absolute atomic E-state index is 0.0361. The first-order valence-corrected chi connectivity index (χ1v) is 8.62. The Balaban J connectivity index is 2.31. The average molecular weight is 311 g/mol. The maximum atomic E-state index is 12.7. The molecule has 0 aliphatic carbocycles. The molecule has 0 bridgehead atoms. The highest BCUT2D eigenvalue weighted by Gasteiger charge is 2.34. The normalized spacial score (nSPS) is 19.6. The second-order valence-corrected chi connectivity index (χ2v) is 7.20. The van der Waals surface area contributed by atoms with Crippen molar-refractivity contribution in [3.63, 3.8) is 0 Å². The number of rotatable bonds is 5.